The summed E-state index contributed by atoms with van der Waals surface area (Å²) in [6.45, 7) is 3.72. The molecule has 2 aromatic carbocycles. The van der Waals surface area contributed by atoms with E-state index >= 15 is 0 Å². The van der Waals surface area contributed by atoms with Crippen molar-refractivity contribution in [1.29, 1.82) is 0 Å². The van der Waals surface area contributed by atoms with Crippen LogP contribution >= 0.6 is 0 Å². The van der Waals surface area contributed by atoms with Crippen molar-refractivity contribution in [2.24, 2.45) is 0 Å². The number of esters is 1. The molecule has 28 heavy (non-hydrogen) atoms. The zero-order chi connectivity index (χ0) is 19.9. The molecule has 0 saturated carbocycles. The quantitative estimate of drug-likeness (QED) is 0.607. The van der Waals surface area contributed by atoms with Crippen molar-refractivity contribution in [3.63, 3.8) is 0 Å². The third-order valence-corrected chi connectivity index (χ3v) is 3.94. The first-order valence-corrected chi connectivity index (χ1v) is 9.11. The number of nitrogens with one attached hydrogen (secondary N) is 1. The van der Waals surface area contributed by atoms with Crippen LogP contribution in [0, 0.1) is 0 Å². The fourth-order valence-corrected chi connectivity index (χ4v) is 2.76. The van der Waals surface area contributed by atoms with E-state index in [0.717, 1.165) is 11.0 Å². The van der Waals surface area contributed by atoms with Crippen molar-refractivity contribution in [1.82, 2.24) is 14.9 Å². The number of fused-ring (bicyclic) bond motifs is 1. The molecule has 0 spiro atoms. The average Bonchev–Trinajstić information content (AvgIpc) is 3.02. The minimum absolute atomic E-state index is 0.0322. The lowest BCUT2D eigenvalue weighted by atomic mass is 10.3. The van der Waals surface area contributed by atoms with E-state index in [0.29, 0.717) is 11.6 Å². The van der Waals surface area contributed by atoms with Gasteiger partial charge in [0.1, 0.15) is 18.1 Å². The molecule has 1 amide bonds. The predicted octanol–water partition coefficient (Wildman–Crippen LogP) is 2.68. The van der Waals surface area contributed by atoms with Gasteiger partial charge in [-0.25, -0.2) is 4.98 Å². The van der Waals surface area contributed by atoms with Gasteiger partial charge in [0.25, 0.3) is 5.91 Å². The molecule has 0 saturated heterocycles. The second kappa shape index (κ2) is 9.03. The molecule has 1 heterocycles. The molecule has 0 aliphatic rings. The first-order valence-electron chi connectivity index (χ1n) is 9.11. The SMILES string of the molecule is CC(C)OC(=O)Cn1c(CNC(=O)COc2ccccc2)nc2ccccc21. The maximum absolute atomic E-state index is 12.1. The summed E-state index contributed by atoms with van der Waals surface area (Å²) in [4.78, 5) is 28.8. The van der Waals surface area contributed by atoms with Gasteiger partial charge in [-0.1, -0.05) is 30.3 Å². The van der Waals surface area contributed by atoms with Crippen LogP contribution in [0.4, 0.5) is 0 Å². The fourth-order valence-electron chi connectivity index (χ4n) is 2.76. The lowest BCUT2D eigenvalue weighted by Crippen LogP contribution is -2.30. The minimum Gasteiger partial charge on any atom is -0.484 e. The van der Waals surface area contributed by atoms with Crippen molar-refractivity contribution in [3.8, 4) is 5.75 Å². The van der Waals surface area contributed by atoms with Gasteiger partial charge in [-0.3, -0.25) is 9.59 Å². The van der Waals surface area contributed by atoms with Crippen LogP contribution in [-0.4, -0.2) is 34.1 Å². The molecule has 0 bridgehead atoms. The van der Waals surface area contributed by atoms with Gasteiger partial charge >= 0.3 is 5.97 Å². The highest BCUT2D eigenvalue weighted by molar-refractivity contribution is 5.80. The van der Waals surface area contributed by atoms with Crippen LogP contribution in [0.5, 0.6) is 5.75 Å². The van der Waals surface area contributed by atoms with E-state index in [9.17, 15) is 9.59 Å². The van der Waals surface area contributed by atoms with Crippen LogP contribution in [0.25, 0.3) is 11.0 Å². The highest BCUT2D eigenvalue weighted by Gasteiger charge is 2.16. The van der Waals surface area contributed by atoms with Crippen molar-refractivity contribution in [2.75, 3.05) is 6.61 Å². The number of hydrogen-bond donors (Lipinski definition) is 1. The highest BCUT2D eigenvalue weighted by atomic mass is 16.5. The summed E-state index contributed by atoms with van der Waals surface area (Å²) in [6.07, 6.45) is -0.194. The summed E-state index contributed by atoms with van der Waals surface area (Å²) >= 11 is 0. The standard InChI is InChI=1S/C21H23N3O4/c1-15(2)28-21(26)13-24-18-11-7-6-10-17(18)23-19(24)12-22-20(25)14-27-16-8-4-3-5-9-16/h3-11,15H,12-14H2,1-2H3,(H,22,25). The Morgan fingerprint density at radius 1 is 1.07 bits per heavy atom. The Morgan fingerprint density at radius 2 is 1.79 bits per heavy atom. The summed E-state index contributed by atoms with van der Waals surface area (Å²) in [5, 5.41) is 2.79. The molecule has 7 heteroatoms. The van der Waals surface area contributed by atoms with Crippen molar-refractivity contribution in [3.05, 3.63) is 60.4 Å². The van der Waals surface area contributed by atoms with Crippen LogP contribution in [0.15, 0.2) is 54.6 Å². The number of nitrogens with zero attached hydrogens (tertiary/aromatic N) is 2. The van der Waals surface area contributed by atoms with Crippen molar-refractivity contribution < 1.29 is 19.1 Å². The van der Waals surface area contributed by atoms with Gasteiger partial charge < -0.3 is 19.4 Å². The summed E-state index contributed by atoms with van der Waals surface area (Å²) in [5.41, 5.74) is 1.57. The van der Waals surface area contributed by atoms with Crippen LogP contribution in [0.3, 0.4) is 0 Å². The van der Waals surface area contributed by atoms with Crippen LogP contribution in [-0.2, 0) is 27.4 Å². The first-order chi connectivity index (χ1) is 13.5. The Hall–Kier alpha value is -3.35. The van der Waals surface area contributed by atoms with Crippen molar-refractivity contribution in [2.45, 2.75) is 33.0 Å². The second-order valence-electron chi connectivity index (χ2n) is 6.52. The lowest BCUT2D eigenvalue weighted by molar-refractivity contribution is -0.148. The monoisotopic (exact) mass is 381 g/mol. The molecule has 3 aromatic rings. The zero-order valence-electron chi connectivity index (χ0n) is 15.9. The summed E-state index contributed by atoms with van der Waals surface area (Å²) in [7, 11) is 0. The molecular weight excluding hydrogens is 358 g/mol. The Kier molecular flexibility index (Phi) is 6.26. The van der Waals surface area contributed by atoms with E-state index in [-0.39, 0.29) is 37.7 Å². The Labute approximate surface area is 163 Å². The number of aromatic nitrogens is 2. The van der Waals surface area contributed by atoms with E-state index < -0.39 is 0 Å². The van der Waals surface area contributed by atoms with Gasteiger partial charge in [0.05, 0.1) is 23.7 Å². The third-order valence-electron chi connectivity index (χ3n) is 3.94. The van der Waals surface area contributed by atoms with E-state index in [1.165, 1.54) is 0 Å². The zero-order valence-corrected chi connectivity index (χ0v) is 15.9. The Morgan fingerprint density at radius 3 is 2.54 bits per heavy atom. The van der Waals surface area contributed by atoms with Gasteiger partial charge in [0, 0.05) is 0 Å². The molecule has 0 aliphatic heterocycles. The summed E-state index contributed by atoms with van der Waals surface area (Å²) in [5.74, 6) is 0.585. The van der Waals surface area contributed by atoms with E-state index in [1.54, 1.807) is 30.5 Å². The van der Waals surface area contributed by atoms with Gasteiger partial charge in [0.2, 0.25) is 0 Å². The molecule has 0 fully saturated rings. The average molecular weight is 381 g/mol. The maximum Gasteiger partial charge on any atom is 0.326 e. The molecular formula is C21H23N3O4. The molecule has 146 valence electrons. The molecule has 1 N–H and O–H groups in total. The van der Waals surface area contributed by atoms with Gasteiger partial charge in [-0.2, -0.15) is 0 Å². The van der Waals surface area contributed by atoms with Crippen LogP contribution in [0.1, 0.15) is 19.7 Å². The number of benzene rings is 2. The number of imidazole rings is 1. The first kappa shape index (κ1) is 19.4. The normalized spacial score (nSPS) is 10.8. The number of ether oxygens (including phenoxy) is 2. The van der Waals surface area contributed by atoms with Crippen LogP contribution in [0.2, 0.25) is 0 Å². The Bertz CT molecular complexity index is 951. The molecule has 7 nitrogen and oxygen atoms in total. The molecule has 0 radical (unpaired) electrons. The minimum atomic E-state index is -0.349. The molecule has 0 atom stereocenters. The summed E-state index contributed by atoms with van der Waals surface area (Å²) < 4.78 is 12.4. The molecule has 3 rings (SSSR count). The number of rotatable bonds is 8. The number of carbonyl (C=O) groups excluding carboxylic acids is 2. The molecule has 1 aromatic heterocycles. The Balaban J connectivity index is 1.67. The van der Waals surface area contributed by atoms with E-state index in [4.69, 9.17) is 9.47 Å². The van der Waals surface area contributed by atoms with Gasteiger partial charge in [-0.05, 0) is 38.1 Å². The van der Waals surface area contributed by atoms with Gasteiger partial charge in [0.15, 0.2) is 6.61 Å². The smallest absolute Gasteiger partial charge is 0.326 e. The van der Waals surface area contributed by atoms with Crippen LogP contribution < -0.4 is 10.1 Å². The third kappa shape index (κ3) is 5.09. The molecule has 0 aliphatic carbocycles. The lowest BCUT2D eigenvalue weighted by Gasteiger charge is -2.12. The maximum atomic E-state index is 12.1. The number of para-hydroxylation sites is 3. The fraction of sp³-hybridized carbons (Fsp3) is 0.286. The number of hydrogen-bond acceptors (Lipinski definition) is 5. The number of carbonyl (C=O) groups is 2. The van der Waals surface area contributed by atoms with Gasteiger partial charge in [-0.15, -0.1) is 0 Å². The highest BCUT2D eigenvalue weighted by Crippen LogP contribution is 2.16. The van der Waals surface area contributed by atoms with Crippen molar-refractivity contribution >= 4 is 22.9 Å². The van der Waals surface area contributed by atoms with E-state index in [2.05, 4.69) is 10.3 Å². The summed E-state index contributed by atoms with van der Waals surface area (Å²) in [6, 6.07) is 16.6. The van der Waals surface area contributed by atoms with E-state index in [1.807, 2.05) is 42.5 Å². The predicted molar refractivity (Wildman–Crippen MR) is 105 cm³/mol. The molecule has 0 unspecified atom stereocenters. The topological polar surface area (TPSA) is 82.5 Å². The second-order valence-corrected chi connectivity index (χ2v) is 6.52. The number of amides is 1. The largest absolute Gasteiger partial charge is 0.484 e.